The van der Waals surface area contributed by atoms with E-state index in [1.54, 1.807) is 13.4 Å². The molecule has 0 saturated carbocycles. The Kier molecular flexibility index (Phi) is 4.81. The van der Waals surface area contributed by atoms with Crippen molar-refractivity contribution in [3.63, 3.8) is 0 Å². The molecule has 0 N–H and O–H groups in total. The van der Waals surface area contributed by atoms with Crippen molar-refractivity contribution in [3.05, 3.63) is 12.0 Å². The Morgan fingerprint density at radius 3 is 2.20 bits per heavy atom. The Labute approximate surface area is 63.5 Å². The molecule has 2 heteroatoms. The van der Waals surface area contributed by atoms with Crippen LogP contribution in [0.15, 0.2) is 12.0 Å². The van der Waals surface area contributed by atoms with Crippen molar-refractivity contribution in [2.45, 2.75) is 20.8 Å². The molecule has 0 aromatic rings. The van der Waals surface area contributed by atoms with Gasteiger partial charge in [-0.25, -0.2) is 0 Å². The minimum Gasteiger partial charge on any atom is -0.503 e. The lowest BCUT2D eigenvalue weighted by atomic mass is 10.4. The predicted octanol–water partition coefficient (Wildman–Crippen LogP) is 1.84. The van der Waals surface area contributed by atoms with Crippen molar-refractivity contribution in [3.8, 4) is 0 Å². The molecule has 0 spiro atoms. The lowest BCUT2D eigenvalue weighted by Gasteiger charge is -2.20. The van der Waals surface area contributed by atoms with Crippen LogP contribution in [0.5, 0.6) is 0 Å². The van der Waals surface area contributed by atoms with E-state index in [0.717, 1.165) is 13.1 Å². The van der Waals surface area contributed by atoms with Crippen molar-refractivity contribution in [1.29, 1.82) is 0 Å². The quantitative estimate of drug-likeness (QED) is 0.557. The van der Waals surface area contributed by atoms with Gasteiger partial charge in [0, 0.05) is 18.8 Å². The van der Waals surface area contributed by atoms with Crippen molar-refractivity contribution in [1.82, 2.24) is 4.90 Å². The number of ether oxygens (including phenoxy) is 1. The number of methoxy groups -OCH3 is 1. The second kappa shape index (κ2) is 5.15. The highest BCUT2D eigenvalue weighted by molar-refractivity contribution is 4.91. The predicted molar refractivity (Wildman–Crippen MR) is 43.7 cm³/mol. The highest BCUT2D eigenvalue weighted by Crippen LogP contribution is 2.00. The first kappa shape index (κ1) is 9.34. The van der Waals surface area contributed by atoms with Crippen LogP contribution in [-0.4, -0.2) is 25.1 Å². The summed E-state index contributed by atoms with van der Waals surface area (Å²) in [6, 6.07) is 0. The van der Waals surface area contributed by atoms with Crippen LogP contribution >= 0.6 is 0 Å². The van der Waals surface area contributed by atoms with Gasteiger partial charge in [-0.15, -0.1) is 0 Å². The standard InChI is InChI=1S/C8H17NO/c1-5-9(6-2)8(3)7-10-4/h7H,5-6H2,1-4H3/b8-7+. The zero-order valence-corrected chi connectivity index (χ0v) is 7.35. The molecule has 0 aliphatic rings. The number of rotatable bonds is 4. The summed E-state index contributed by atoms with van der Waals surface area (Å²) in [7, 11) is 1.67. The van der Waals surface area contributed by atoms with E-state index in [2.05, 4.69) is 25.7 Å². The van der Waals surface area contributed by atoms with E-state index in [9.17, 15) is 0 Å². The first-order valence-electron chi connectivity index (χ1n) is 3.70. The summed E-state index contributed by atoms with van der Waals surface area (Å²) in [6.45, 7) is 8.41. The van der Waals surface area contributed by atoms with Crippen LogP contribution in [0.3, 0.4) is 0 Å². The highest BCUT2D eigenvalue weighted by Gasteiger charge is 1.97. The fraction of sp³-hybridized carbons (Fsp3) is 0.750. The maximum Gasteiger partial charge on any atom is 0.101 e. The van der Waals surface area contributed by atoms with E-state index >= 15 is 0 Å². The van der Waals surface area contributed by atoms with Crippen molar-refractivity contribution >= 4 is 0 Å². The molecule has 0 aromatic heterocycles. The van der Waals surface area contributed by atoms with Crippen LogP contribution in [0.2, 0.25) is 0 Å². The summed E-state index contributed by atoms with van der Waals surface area (Å²) in [6.07, 6.45) is 1.77. The van der Waals surface area contributed by atoms with Crippen LogP contribution < -0.4 is 0 Å². The molecule has 10 heavy (non-hydrogen) atoms. The maximum atomic E-state index is 4.88. The average Bonchev–Trinajstić information content (AvgIpc) is 1.91. The van der Waals surface area contributed by atoms with Gasteiger partial charge >= 0.3 is 0 Å². The van der Waals surface area contributed by atoms with E-state index < -0.39 is 0 Å². The van der Waals surface area contributed by atoms with Gasteiger partial charge in [-0.3, -0.25) is 0 Å². The van der Waals surface area contributed by atoms with E-state index in [1.165, 1.54) is 5.70 Å². The summed E-state index contributed by atoms with van der Waals surface area (Å²) >= 11 is 0. The van der Waals surface area contributed by atoms with Crippen LogP contribution in [0, 0.1) is 0 Å². The zero-order valence-electron chi connectivity index (χ0n) is 7.35. The van der Waals surface area contributed by atoms with Gasteiger partial charge in [0.25, 0.3) is 0 Å². The van der Waals surface area contributed by atoms with Crippen LogP contribution in [0.4, 0.5) is 0 Å². The van der Waals surface area contributed by atoms with E-state index in [-0.39, 0.29) is 0 Å². The van der Waals surface area contributed by atoms with Gasteiger partial charge < -0.3 is 9.64 Å². The third kappa shape index (κ3) is 2.76. The average molecular weight is 143 g/mol. The fourth-order valence-corrected chi connectivity index (χ4v) is 0.968. The van der Waals surface area contributed by atoms with Crippen LogP contribution in [-0.2, 0) is 4.74 Å². The lowest BCUT2D eigenvalue weighted by Crippen LogP contribution is -2.20. The summed E-state index contributed by atoms with van der Waals surface area (Å²) in [4.78, 5) is 2.24. The van der Waals surface area contributed by atoms with Gasteiger partial charge in [0.1, 0.15) is 6.26 Å². The van der Waals surface area contributed by atoms with Gasteiger partial charge in [-0.05, 0) is 20.8 Å². The van der Waals surface area contributed by atoms with Gasteiger partial charge in [0.05, 0.1) is 7.11 Å². The van der Waals surface area contributed by atoms with Gasteiger partial charge in [0.2, 0.25) is 0 Å². The molecule has 0 saturated heterocycles. The van der Waals surface area contributed by atoms with E-state index in [4.69, 9.17) is 4.74 Å². The zero-order chi connectivity index (χ0) is 7.98. The van der Waals surface area contributed by atoms with Crippen molar-refractivity contribution in [2.24, 2.45) is 0 Å². The van der Waals surface area contributed by atoms with Crippen molar-refractivity contribution in [2.75, 3.05) is 20.2 Å². The molecule has 0 atom stereocenters. The normalized spacial score (nSPS) is 11.4. The largest absolute Gasteiger partial charge is 0.503 e. The minimum atomic E-state index is 1.04. The number of hydrogen-bond donors (Lipinski definition) is 0. The summed E-state index contributed by atoms with van der Waals surface area (Å²) in [5.74, 6) is 0. The SMILES string of the molecule is CCN(CC)/C(C)=C/OC. The monoisotopic (exact) mass is 143 g/mol. The van der Waals surface area contributed by atoms with E-state index in [0.29, 0.717) is 0 Å². The number of hydrogen-bond acceptors (Lipinski definition) is 2. The Hall–Kier alpha value is -0.660. The van der Waals surface area contributed by atoms with Gasteiger partial charge in [-0.2, -0.15) is 0 Å². The Morgan fingerprint density at radius 1 is 1.40 bits per heavy atom. The van der Waals surface area contributed by atoms with Gasteiger partial charge in [-0.1, -0.05) is 0 Å². The molecule has 0 fully saturated rings. The molecule has 2 nitrogen and oxygen atoms in total. The molecular formula is C8H17NO. The van der Waals surface area contributed by atoms with E-state index in [1.807, 2.05) is 0 Å². The first-order valence-corrected chi connectivity index (χ1v) is 3.70. The summed E-state index contributed by atoms with van der Waals surface area (Å²) in [5.41, 5.74) is 1.19. The van der Waals surface area contributed by atoms with Crippen molar-refractivity contribution < 1.29 is 4.74 Å². The second-order valence-electron chi connectivity index (χ2n) is 2.17. The molecule has 0 unspecified atom stereocenters. The maximum absolute atomic E-state index is 4.88. The summed E-state index contributed by atoms with van der Waals surface area (Å²) in [5, 5.41) is 0. The number of allylic oxidation sites excluding steroid dienone is 1. The molecule has 60 valence electrons. The molecule has 0 amide bonds. The van der Waals surface area contributed by atoms with Crippen LogP contribution in [0.1, 0.15) is 20.8 Å². The third-order valence-corrected chi connectivity index (χ3v) is 1.55. The Balaban J connectivity index is 3.87. The second-order valence-corrected chi connectivity index (χ2v) is 2.17. The Bertz CT molecular complexity index is 106. The van der Waals surface area contributed by atoms with Crippen LogP contribution in [0.25, 0.3) is 0 Å². The fourth-order valence-electron chi connectivity index (χ4n) is 0.968. The topological polar surface area (TPSA) is 12.5 Å². The molecule has 0 heterocycles. The third-order valence-electron chi connectivity index (χ3n) is 1.55. The Morgan fingerprint density at radius 2 is 1.90 bits per heavy atom. The molecule has 0 radical (unpaired) electrons. The number of nitrogens with zero attached hydrogens (tertiary/aromatic N) is 1. The molecular weight excluding hydrogens is 126 g/mol. The molecule has 0 aromatic carbocycles. The first-order chi connectivity index (χ1) is 4.76. The lowest BCUT2D eigenvalue weighted by molar-refractivity contribution is 0.301. The highest BCUT2D eigenvalue weighted by atomic mass is 16.5. The summed E-state index contributed by atoms with van der Waals surface area (Å²) < 4.78 is 4.88. The smallest absolute Gasteiger partial charge is 0.101 e. The minimum absolute atomic E-state index is 1.04. The van der Waals surface area contributed by atoms with Gasteiger partial charge in [0.15, 0.2) is 0 Å². The molecule has 0 bridgehead atoms. The molecule has 0 rings (SSSR count). The molecule has 0 aliphatic heterocycles. The molecule has 0 aliphatic carbocycles.